The third kappa shape index (κ3) is 2.57. The third-order valence-electron chi connectivity index (χ3n) is 4.28. The Hall–Kier alpha value is -0.930. The molecule has 18 heavy (non-hydrogen) atoms. The maximum absolute atomic E-state index is 9.50. The van der Waals surface area contributed by atoms with Crippen molar-refractivity contribution in [2.45, 2.75) is 31.7 Å². The molecule has 3 saturated heterocycles. The van der Waals surface area contributed by atoms with Gasteiger partial charge in [-0.15, -0.1) is 0 Å². The van der Waals surface area contributed by atoms with Gasteiger partial charge in [0.15, 0.2) is 11.5 Å². The molecular formula is C14H19ClNO2-. The second-order valence-corrected chi connectivity index (χ2v) is 5.40. The summed E-state index contributed by atoms with van der Waals surface area (Å²) in [5.74, 6) is 0.883. The molecule has 4 rings (SSSR count). The number of phenols is 2. The molecule has 100 valence electrons. The Balaban J connectivity index is 0.00000120. The predicted octanol–water partition coefficient (Wildman–Crippen LogP) is -0.871. The van der Waals surface area contributed by atoms with E-state index >= 15 is 0 Å². The Bertz CT molecular complexity index is 416. The molecule has 3 fully saturated rings. The number of piperidine rings is 3. The van der Waals surface area contributed by atoms with Gasteiger partial charge < -0.3 is 27.5 Å². The van der Waals surface area contributed by atoms with Crippen LogP contribution in [-0.4, -0.2) is 34.2 Å². The molecule has 0 amide bonds. The lowest BCUT2D eigenvalue weighted by Crippen LogP contribution is -3.00. The second-order valence-electron chi connectivity index (χ2n) is 5.40. The fourth-order valence-corrected chi connectivity index (χ4v) is 3.27. The summed E-state index contributed by atoms with van der Waals surface area (Å²) in [5, 5.41) is 18.8. The largest absolute Gasteiger partial charge is 1.00 e. The molecule has 0 spiro atoms. The zero-order valence-corrected chi connectivity index (χ0v) is 11.1. The minimum absolute atomic E-state index is 0. The van der Waals surface area contributed by atoms with Crippen LogP contribution in [0.25, 0.3) is 0 Å². The number of benzene rings is 1. The van der Waals surface area contributed by atoms with Crippen molar-refractivity contribution in [3.05, 3.63) is 23.8 Å². The Morgan fingerprint density at radius 1 is 1.11 bits per heavy atom. The van der Waals surface area contributed by atoms with Gasteiger partial charge in [-0.1, -0.05) is 6.07 Å². The fraction of sp³-hybridized carbons (Fsp3) is 0.571. The Kier molecular flexibility index (Phi) is 4.03. The van der Waals surface area contributed by atoms with Crippen molar-refractivity contribution in [2.75, 3.05) is 13.1 Å². The molecule has 0 aliphatic carbocycles. The third-order valence-corrected chi connectivity index (χ3v) is 4.28. The van der Waals surface area contributed by atoms with Crippen molar-refractivity contribution in [1.29, 1.82) is 0 Å². The molecule has 4 heteroatoms. The van der Waals surface area contributed by atoms with Crippen LogP contribution in [0.3, 0.4) is 0 Å². The minimum Gasteiger partial charge on any atom is -1.00 e. The van der Waals surface area contributed by atoms with Gasteiger partial charge in [0.05, 0.1) is 0 Å². The summed E-state index contributed by atoms with van der Waals surface area (Å²) in [6.45, 7) is 2.47. The number of nitrogens with zero attached hydrogens (tertiary/aromatic N) is 1. The van der Waals surface area contributed by atoms with Crippen LogP contribution in [0.1, 0.15) is 24.8 Å². The van der Waals surface area contributed by atoms with Gasteiger partial charge in [0.25, 0.3) is 0 Å². The number of aromatic hydroxyl groups is 2. The Labute approximate surface area is 114 Å². The van der Waals surface area contributed by atoms with Crippen LogP contribution < -0.4 is 12.4 Å². The summed E-state index contributed by atoms with van der Waals surface area (Å²) in [6.07, 6.45) is 5.00. The highest BCUT2D eigenvalue weighted by Gasteiger charge is 2.33. The van der Waals surface area contributed by atoms with Gasteiger partial charge in [-0.25, -0.2) is 0 Å². The zero-order chi connectivity index (χ0) is 11.8. The smallest absolute Gasteiger partial charge is 0.157 e. The number of fused-ring (bicyclic) bond motifs is 3. The number of halogens is 1. The molecule has 2 N–H and O–H groups in total. The molecule has 3 nitrogen and oxygen atoms in total. The molecule has 0 radical (unpaired) electrons. The van der Waals surface area contributed by atoms with Gasteiger partial charge in [0.2, 0.25) is 0 Å². The molecule has 2 bridgehead atoms. The molecule has 1 aromatic rings. The SMILES string of the molecule is Oc1ccc(CC2CC3CCN2CC3)cc1O.[Cl-]. The number of hydrogen-bond acceptors (Lipinski definition) is 3. The van der Waals surface area contributed by atoms with E-state index < -0.39 is 0 Å². The van der Waals surface area contributed by atoms with Crippen molar-refractivity contribution in [3.8, 4) is 11.5 Å². The molecule has 3 aliphatic heterocycles. The van der Waals surface area contributed by atoms with E-state index in [1.807, 2.05) is 6.07 Å². The standard InChI is InChI=1S/C14H19NO2.ClH/c16-13-2-1-11(9-14(13)17)8-12-7-10-3-5-15(12)6-4-10;/h1-2,9-10,12,16-17H,3-8H2;1H/p-1. The lowest BCUT2D eigenvalue weighted by molar-refractivity contribution is -0.00000599. The van der Waals surface area contributed by atoms with Crippen molar-refractivity contribution in [1.82, 2.24) is 4.90 Å². The molecule has 0 aromatic heterocycles. The van der Waals surface area contributed by atoms with Crippen molar-refractivity contribution < 1.29 is 22.6 Å². The molecular weight excluding hydrogens is 250 g/mol. The maximum atomic E-state index is 9.50. The van der Waals surface area contributed by atoms with E-state index in [0.717, 1.165) is 17.9 Å². The van der Waals surface area contributed by atoms with Gasteiger partial charge in [-0.2, -0.15) is 0 Å². The number of hydrogen-bond donors (Lipinski definition) is 2. The monoisotopic (exact) mass is 268 g/mol. The summed E-state index contributed by atoms with van der Waals surface area (Å²) in [7, 11) is 0. The predicted molar refractivity (Wildman–Crippen MR) is 66.2 cm³/mol. The molecule has 0 saturated carbocycles. The van der Waals surface area contributed by atoms with Gasteiger partial charge in [0.1, 0.15) is 0 Å². The molecule has 1 atom stereocenters. The summed E-state index contributed by atoms with van der Waals surface area (Å²) in [5.41, 5.74) is 1.12. The summed E-state index contributed by atoms with van der Waals surface area (Å²) < 4.78 is 0. The van der Waals surface area contributed by atoms with E-state index in [2.05, 4.69) is 4.90 Å². The summed E-state index contributed by atoms with van der Waals surface area (Å²) >= 11 is 0. The van der Waals surface area contributed by atoms with Crippen molar-refractivity contribution >= 4 is 0 Å². The average molecular weight is 269 g/mol. The van der Waals surface area contributed by atoms with Crippen LogP contribution in [-0.2, 0) is 6.42 Å². The minimum atomic E-state index is -0.0285. The van der Waals surface area contributed by atoms with E-state index in [4.69, 9.17) is 0 Å². The Morgan fingerprint density at radius 2 is 1.83 bits per heavy atom. The van der Waals surface area contributed by atoms with Gasteiger partial charge in [0, 0.05) is 6.04 Å². The highest BCUT2D eigenvalue weighted by molar-refractivity contribution is 5.40. The van der Waals surface area contributed by atoms with E-state index in [1.165, 1.54) is 32.4 Å². The van der Waals surface area contributed by atoms with Crippen LogP contribution >= 0.6 is 0 Å². The summed E-state index contributed by atoms with van der Waals surface area (Å²) in [6, 6.07) is 5.82. The lowest BCUT2D eigenvalue weighted by Gasteiger charge is -2.45. The molecule has 3 aliphatic rings. The second kappa shape index (κ2) is 5.37. The van der Waals surface area contributed by atoms with Crippen molar-refractivity contribution in [3.63, 3.8) is 0 Å². The van der Waals surface area contributed by atoms with Crippen LogP contribution in [0.15, 0.2) is 18.2 Å². The zero-order valence-electron chi connectivity index (χ0n) is 10.3. The highest BCUT2D eigenvalue weighted by atomic mass is 35.5. The number of phenolic OH excluding ortho intramolecular Hbond substituents is 2. The number of rotatable bonds is 2. The van der Waals surface area contributed by atoms with Gasteiger partial charge in [-0.05, 0) is 62.4 Å². The first-order valence-electron chi connectivity index (χ1n) is 6.47. The summed E-state index contributed by atoms with van der Waals surface area (Å²) in [4.78, 5) is 2.57. The average Bonchev–Trinajstić information content (AvgIpc) is 2.35. The van der Waals surface area contributed by atoms with E-state index in [1.54, 1.807) is 12.1 Å². The molecule has 1 aromatic carbocycles. The van der Waals surface area contributed by atoms with Crippen molar-refractivity contribution in [2.24, 2.45) is 5.92 Å². The van der Waals surface area contributed by atoms with E-state index in [9.17, 15) is 10.2 Å². The van der Waals surface area contributed by atoms with E-state index in [-0.39, 0.29) is 23.9 Å². The topological polar surface area (TPSA) is 43.7 Å². The van der Waals surface area contributed by atoms with Crippen LogP contribution in [0.2, 0.25) is 0 Å². The normalized spacial score (nSPS) is 29.9. The lowest BCUT2D eigenvalue weighted by atomic mass is 9.81. The molecule has 1 unspecified atom stereocenters. The first kappa shape index (κ1) is 13.5. The maximum Gasteiger partial charge on any atom is 0.157 e. The van der Waals surface area contributed by atoms with E-state index in [0.29, 0.717) is 6.04 Å². The first-order valence-corrected chi connectivity index (χ1v) is 6.47. The first-order chi connectivity index (χ1) is 8.22. The Morgan fingerprint density at radius 3 is 2.39 bits per heavy atom. The van der Waals surface area contributed by atoms with Crippen LogP contribution in [0, 0.1) is 5.92 Å². The highest BCUT2D eigenvalue weighted by Crippen LogP contribution is 2.34. The quantitative estimate of drug-likeness (QED) is 0.686. The fourth-order valence-electron chi connectivity index (χ4n) is 3.27. The van der Waals surface area contributed by atoms with Gasteiger partial charge >= 0.3 is 0 Å². The van der Waals surface area contributed by atoms with Crippen LogP contribution in [0.4, 0.5) is 0 Å². The van der Waals surface area contributed by atoms with Gasteiger partial charge in [-0.3, -0.25) is 0 Å². The molecule has 3 heterocycles. The van der Waals surface area contributed by atoms with Crippen LogP contribution in [0.5, 0.6) is 11.5 Å².